The van der Waals surface area contributed by atoms with Crippen LogP contribution in [0, 0.1) is 6.92 Å². The van der Waals surface area contributed by atoms with Crippen LogP contribution in [-0.4, -0.2) is 8.42 Å². The molecule has 6 heteroatoms. The summed E-state index contributed by atoms with van der Waals surface area (Å²) in [5.41, 5.74) is 6.00. The first-order valence-electron chi connectivity index (χ1n) is 5.83. The van der Waals surface area contributed by atoms with Gasteiger partial charge in [0.05, 0.1) is 10.9 Å². The van der Waals surface area contributed by atoms with E-state index >= 15 is 0 Å². The van der Waals surface area contributed by atoms with Crippen LogP contribution in [0.4, 0.5) is 5.69 Å². The first kappa shape index (κ1) is 13.6. The molecule has 0 aliphatic carbocycles. The third kappa shape index (κ3) is 3.15. The van der Waals surface area contributed by atoms with E-state index in [0.29, 0.717) is 11.4 Å². The van der Waals surface area contributed by atoms with Gasteiger partial charge in [0.2, 0.25) is 10.0 Å². The maximum absolute atomic E-state index is 12.2. The normalized spacial score (nSPS) is 13.4. The lowest BCUT2D eigenvalue weighted by Gasteiger charge is -2.12. The highest BCUT2D eigenvalue weighted by atomic mass is 32.2. The fourth-order valence-electron chi connectivity index (χ4n) is 1.73. The van der Waals surface area contributed by atoms with Gasteiger partial charge in [0.1, 0.15) is 11.5 Å². The molecule has 3 N–H and O–H groups in total. The lowest BCUT2D eigenvalue weighted by Crippen LogP contribution is -2.26. The minimum Gasteiger partial charge on any atom is -0.465 e. The zero-order valence-corrected chi connectivity index (χ0v) is 11.6. The lowest BCUT2D eigenvalue weighted by molar-refractivity contribution is 0.441. The first-order chi connectivity index (χ1) is 8.88. The Labute approximate surface area is 112 Å². The Hall–Kier alpha value is -1.79. The molecule has 1 aromatic heterocycles. The highest BCUT2D eigenvalue weighted by molar-refractivity contribution is 7.89. The lowest BCUT2D eigenvalue weighted by atomic mass is 10.3. The van der Waals surface area contributed by atoms with Crippen molar-refractivity contribution in [3.8, 4) is 0 Å². The molecule has 19 heavy (non-hydrogen) atoms. The first-order valence-corrected chi connectivity index (χ1v) is 7.31. The standard InChI is InChI=1S/C13H16N2O3S/c1-9-6-7-13(18-9)10(2)15-19(16,17)12-5-3-4-11(14)8-12/h3-8,10,15H,14H2,1-2H3. The molecule has 1 heterocycles. The molecule has 0 radical (unpaired) electrons. The van der Waals surface area contributed by atoms with Crippen molar-refractivity contribution < 1.29 is 12.8 Å². The average Bonchev–Trinajstić information content (AvgIpc) is 2.75. The molecule has 5 nitrogen and oxygen atoms in total. The van der Waals surface area contributed by atoms with Crippen LogP contribution in [0.2, 0.25) is 0 Å². The second-order valence-corrected chi connectivity index (χ2v) is 6.08. The molecule has 2 rings (SSSR count). The largest absolute Gasteiger partial charge is 0.465 e. The van der Waals surface area contributed by atoms with Gasteiger partial charge in [-0.25, -0.2) is 13.1 Å². The number of benzene rings is 1. The van der Waals surface area contributed by atoms with Crippen molar-refractivity contribution in [2.45, 2.75) is 24.8 Å². The van der Waals surface area contributed by atoms with Gasteiger partial charge in [-0.05, 0) is 44.2 Å². The van der Waals surface area contributed by atoms with Gasteiger partial charge in [-0.1, -0.05) is 6.07 Å². The van der Waals surface area contributed by atoms with Crippen LogP contribution in [0.5, 0.6) is 0 Å². The van der Waals surface area contributed by atoms with E-state index in [4.69, 9.17) is 10.2 Å². The summed E-state index contributed by atoms with van der Waals surface area (Å²) < 4.78 is 32.3. The third-order valence-electron chi connectivity index (χ3n) is 2.69. The van der Waals surface area contributed by atoms with Crippen molar-refractivity contribution in [1.29, 1.82) is 0 Å². The highest BCUT2D eigenvalue weighted by Crippen LogP contribution is 2.19. The number of hydrogen-bond acceptors (Lipinski definition) is 4. The predicted molar refractivity (Wildman–Crippen MR) is 73.0 cm³/mol. The molecule has 2 aromatic rings. The number of aryl methyl sites for hydroxylation is 1. The Morgan fingerprint density at radius 3 is 2.58 bits per heavy atom. The molecule has 0 fully saturated rings. The van der Waals surface area contributed by atoms with Crippen LogP contribution in [0.25, 0.3) is 0 Å². The monoisotopic (exact) mass is 280 g/mol. The molecule has 0 bridgehead atoms. The molecule has 0 spiro atoms. The van der Waals surface area contributed by atoms with Crippen molar-refractivity contribution >= 4 is 15.7 Å². The highest BCUT2D eigenvalue weighted by Gasteiger charge is 2.20. The number of nitrogens with one attached hydrogen (secondary N) is 1. The van der Waals surface area contributed by atoms with E-state index in [-0.39, 0.29) is 4.90 Å². The molecule has 0 aliphatic heterocycles. The van der Waals surface area contributed by atoms with Crippen molar-refractivity contribution in [3.63, 3.8) is 0 Å². The van der Waals surface area contributed by atoms with E-state index < -0.39 is 16.1 Å². The van der Waals surface area contributed by atoms with Gasteiger partial charge < -0.3 is 10.2 Å². The summed E-state index contributed by atoms with van der Waals surface area (Å²) in [6.45, 7) is 3.53. The quantitative estimate of drug-likeness (QED) is 0.841. The second kappa shape index (κ2) is 5.07. The van der Waals surface area contributed by atoms with Crippen molar-refractivity contribution in [1.82, 2.24) is 4.72 Å². The summed E-state index contributed by atoms with van der Waals surface area (Å²) in [5.74, 6) is 1.31. The zero-order chi connectivity index (χ0) is 14.0. The maximum Gasteiger partial charge on any atom is 0.241 e. The molecule has 0 aliphatic rings. The molecule has 1 unspecified atom stereocenters. The summed E-state index contributed by atoms with van der Waals surface area (Å²) in [6, 6.07) is 9.26. The summed E-state index contributed by atoms with van der Waals surface area (Å²) in [6.07, 6.45) is 0. The molecular formula is C13H16N2O3S. The van der Waals surface area contributed by atoms with Crippen LogP contribution in [-0.2, 0) is 10.0 Å². The molecule has 0 saturated carbocycles. The minimum atomic E-state index is -3.61. The van der Waals surface area contributed by atoms with Gasteiger partial charge in [0.15, 0.2) is 0 Å². The number of anilines is 1. The van der Waals surface area contributed by atoms with Crippen molar-refractivity contribution in [2.24, 2.45) is 0 Å². The molecular weight excluding hydrogens is 264 g/mol. The van der Waals surface area contributed by atoms with Gasteiger partial charge in [-0.3, -0.25) is 0 Å². The van der Waals surface area contributed by atoms with E-state index in [1.54, 1.807) is 31.2 Å². The molecule has 0 saturated heterocycles. The Balaban J connectivity index is 2.22. The number of furan rings is 1. The summed E-state index contributed by atoms with van der Waals surface area (Å²) >= 11 is 0. The Morgan fingerprint density at radius 2 is 2.00 bits per heavy atom. The van der Waals surface area contributed by atoms with Gasteiger partial charge in [-0.15, -0.1) is 0 Å². The smallest absolute Gasteiger partial charge is 0.241 e. The molecule has 102 valence electrons. The van der Waals surface area contributed by atoms with Crippen molar-refractivity contribution in [3.05, 3.63) is 47.9 Å². The van der Waals surface area contributed by atoms with E-state index in [1.807, 2.05) is 6.92 Å². The van der Waals surface area contributed by atoms with Crippen LogP contribution < -0.4 is 10.5 Å². The van der Waals surface area contributed by atoms with Crippen LogP contribution in [0.3, 0.4) is 0 Å². The molecule has 1 atom stereocenters. The fourth-order valence-corrected chi connectivity index (χ4v) is 2.99. The topological polar surface area (TPSA) is 85.3 Å². The Morgan fingerprint density at radius 1 is 1.26 bits per heavy atom. The number of nitrogen functional groups attached to an aromatic ring is 1. The van der Waals surface area contributed by atoms with E-state index in [2.05, 4.69) is 4.72 Å². The number of sulfonamides is 1. The molecule has 1 aromatic carbocycles. The minimum absolute atomic E-state index is 0.141. The van der Waals surface area contributed by atoms with E-state index in [0.717, 1.165) is 5.76 Å². The zero-order valence-electron chi connectivity index (χ0n) is 10.8. The van der Waals surface area contributed by atoms with Gasteiger partial charge in [0, 0.05) is 5.69 Å². The van der Waals surface area contributed by atoms with E-state index in [9.17, 15) is 8.42 Å². The SMILES string of the molecule is Cc1ccc(C(C)NS(=O)(=O)c2cccc(N)c2)o1. The summed E-state index contributed by atoms with van der Waals surface area (Å²) in [5, 5.41) is 0. The maximum atomic E-state index is 12.2. The number of hydrogen-bond donors (Lipinski definition) is 2. The average molecular weight is 280 g/mol. The van der Waals surface area contributed by atoms with Gasteiger partial charge in [-0.2, -0.15) is 0 Å². The van der Waals surface area contributed by atoms with Crippen molar-refractivity contribution in [2.75, 3.05) is 5.73 Å². The van der Waals surface area contributed by atoms with Crippen LogP contribution >= 0.6 is 0 Å². The van der Waals surface area contributed by atoms with Crippen LogP contribution in [0.1, 0.15) is 24.5 Å². The van der Waals surface area contributed by atoms with Gasteiger partial charge in [0.25, 0.3) is 0 Å². The summed E-state index contributed by atoms with van der Waals surface area (Å²) in [4.78, 5) is 0.141. The Bertz CT molecular complexity index is 677. The third-order valence-corrected chi connectivity index (χ3v) is 4.23. The summed E-state index contributed by atoms with van der Waals surface area (Å²) in [7, 11) is -3.61. The number of rotatable bonds is 4. The van der Waals surface area contributed by atoms with E-state index in [1.165, 1.54) is 12.1 Å². The number of nitrogens with two attached hydrogens (primary N) is 1. The molecule has 0 amide bonds. The van der Waals surface area contributed by atoms with Gasteiger partial charge >= 0.3 is 0 Å². The second-order valence-electron chi connectivity index (χ2n) is 4.36. The predicted octanol–water partition coefficient (Wildman–Crippen LogP) is 2.21. The van der Waals surface area contributed by atoms with Crippen LogP contribution in [0.15, 0.2) is 45.7 Å². The fraction of sp³-hybridized carbons (Fsp3) is 0.231. The Kier molecular flexibility index (Phi) is 3.64.